The number of para-hydroxylation sites is 1. The Balaban J connectivity index is 1.82. The molecular formula is C23H26F3N3O. The second-order valence-corrected chi connectivity index (χ2v) is 7.75. The number of likely N-dealkylation sites (N-methyl/N-ethyl adjacent to an activating group) is 1. The molecule has 0 radical (unpaired) electrons. The summed E-state index contributed by atoms with van der Waals surface area (Å²) >= 11 is 0. The molecule has 2 N–H and O–H groups in total. The SMILES string of the molecule is CNC(CNC(=O)c1cnc2c(C3=CCC(C(F)(F)F)CC3)cccc2c1)=C(C)C. The number of fused-ring (bicyclic) bond motifs is 1. The predicted octanol–water partition coefficient (Wildman–Crippen LogP) is 5.22. The number of carbonyl (C=O) groups is 1. The zero-order valence-corrected chi connectivity index (χ0v) is 17.4. The van der Waals surface area contributed by atoms with Crippen LogP contribution in [0.5, 0.6) is 0 Å². The van der Waals surface area contributed by atoms with Crippen LogP contribution in [0.3, 0.4) is 0 Å². The molecule has 0 fully saturated rings. The molecule has 2 aromatic rings. The number of allylic oxidation sites excluding steroid dienone is 3. The van der Waals surface area contributed by atoms with Crippen LogP contribution < -0.4 is 10.6 Å². The number of hydrogen-bond donors (Lipinski definition) is 2. The van der Waals surface area contributed by atoms with Crippen molar-refractivity contribution >= 4 is 22.4 Å². The smallest absolute Gasteiger partial charge is 0.390 e. The van der Waals surface area contributed by atoms with E-state index in [4.69, 9.17) is 0 Å². The third kappa shape index (κ3) is 4.83. The van der Waals surface area contributed by atoms with Crippen molar-refractivity contribution in [1.82, 2.24) is 15.6 Å². The van der Waals surface area contributed by atoms with Gasteiger partial charge in [-0.2, -0.15) is 13.2 Å². The molecule has 0 spiro atoms. The van der Waals surface area contributed by atoms with Crippen molar-refractivity contribution in [3.63, 3.8) is 0 Å². The van der Waals surface area contributed by atoms with Crippen LogP contribution in [-0.2, 0) is 0 Å². The average Bonchev–Trinajstić information content (AvgIpc) is 2.72. The normalized spacial score (nSPS) is 16.7. The van der Waals surface area contributed by atoms with E-state index in [0.29, 0.717) is 24.0 Å². The van der Waals surface area contributed by atoms with E-state index < -0.39 is 12.1 Å². The summed E-state index contributed by atoms with van der Waals surface area (Å²) in [6.45, 7) is 4.32. The number of nitrogens with one attached hydrogen (secondary N) is 2. The summed E-state index contributed by atoms with van der Waals surface area (Å²) in [6, 6.07) is 7.35. The Labute approximate surface area is 174 Å². The van der Waals surface area contributed by atoms with Gasteiger partial charge in [0.1, 0.15) is 0 Å². The lowest BCUT2D eigenvalue weighted by Crippen LogP contribution is -2.29. The molecule has 1 atom stereocenters. The fraction of sp³-hybridized carbons (Fsp3) is 0.391. The highest BCUT2D eigenvalue weighted by molar-refractivity contribution is 5.99. The lowest BCUT2D eigenvalue weighted by molar-refractivity contribution is -0.175. The molecule has 1 amide bonds. The number of rotatable bonds is 5. The molecule has 1 aliphatic rings. The largest absolute Gasteiger partial charge is 0.392 e. The number of aromatic nitrogens is 1. The summed E-state index contributed by atoms with van der Waals surface area (Å²) in [6.07, 6.45) is -0.511. The van der Waals surface area contributed by atoms with Gasteiger partial charge < -0.3 is 10.6 Å². The van der Waals surface area contributed by atoms with E-state index >= 15 is 0 Å². The lowest BCUT2D eigenvalue weighted by Gasteiger charge is -2.24. The Morgan fingerprint density at radius 3 is 2.63 bits per heavy atom. The zero-order chi connectivity index (χ0) is 21.9. The molecule has 4 nitrogen and oxygen atoms in total. The molecule has 3 rings (SSSR count). The molecule has 160 valence electrons. The molecule has 1 unspecified atom stereocenters. The summed E-state index contributed by atoms with van der Waals surface area (Å²) in [5.41, 5.74) is 4.90. The topological polar surface area (TPSA) is 54.0 Å². The Morgan fingerprint density at radius 2 is 2.03 bits per heavy atom. The predicted molar refractivity (Wildman–Crippen MR) is 113 cm³/mol. The van der Waals surface area contributed by atoms with Crippen LogP contribution in [-0.4, -0.2) is 30.7 Å². The maximum absolute atomic E-state index is 12.9. The first-order valence-corrected chi connectivity index (χ1v) is 9.98. The van der Waals surface area contributed by atoms with Crippen LogP contribution in [0.2, 0.25) is 0 Å². The first kappa shape index (κ1) is 21.9. The van der Waals surface area contributed by atoms with Crippen LogP contribution >= 0.6 is 0 Å². The van der Waals surface area contributed by atoms with Gasteiger partial charge in [-0.25, -0.2) is 0 Å². The molecule has 1 aliphatic carbocycles. The standard InChI is InChI=1S/C23H26F3N3O/c1-14(2)20(27-3)13-29-22(30)17-11-16-5-4-6-19(21(16)28-12-17)15-7-9-18(10-8-15)23(24,25)26/h4-7,11-12,18,27H,8-10,13H2,1-3H3,(H,29,30). The molecule has 30 heavy (non-hydrogen) atoms. The van der Waals surface area contributed by atoms with Gasteiger partial charge in [-0.05, 0) is 44.7 Å². The monoisotopic (exact) mass is 417 g/mol. The first-order chi connectivity index (χ1) is 14.2. The van der Waals surface area contributed by atoms with Gasteiger partial charge in [-0.3, -0.25) is 9.78 Å². The highest BCUT2D eigenvalue weighted by atomic mass is 19.4. The second-order valence-electron chi connectivity index (χ2n) is 7.75. The third-order valence-electron chi connectivity index (χ3n) is 5.52. The molecular weight excluding hydrogens is 391 g/mol. The summed E-state index contributed by atoms with van der Waals surface area (Å²) in [4.78, 5) is 17.0. The number of nitrogens with zero attached hydrogens (tertiary/aromatic N) is 1. The summed E-state index contributed by atoms with van der Waals surface area (Å²) in [5, 5.41) is 6.73. The highest BCUT2D eigenvalue weighted by Gasteiger charge is 2.39. The van der Waals surface area contributed by atoms with Gasteiger partial charge in [0, 0.05) is 29.9 Å². The third-order valence-corrected chi connectivity index (χ3v) is 5.52. The van der Waals surface area contributed by atoms with Crippen molar-refractivity contribution in [3.8, 4) is 0 Å². The number of benzene rings is 1. The molecule has 0 bridgehead atoms. The second kappa shape index (κ2) is 8.90. The fourth-order valence-corrected chi connectivity index (χ4v) is 3.71. The van der Waals surface area contributed by atoms with Crippen molar-refractivity contribution in [1.29, 1.82) is 0 Å². The van der Waals surface area contributed by atoms with Gasteiger partial charge in [0.25, 0.3) is 5.91 Å². The summed E-state index contributed by atoms with van der Waals surface area (Å²) < 4.78 is 38.8. The number of pyridine rings is 1. The van der Waals surface area contributed by atoms with E-state index in [-0.39, 0.29) is 18.7 Å². The van der Waals surface area contributed by atoms with E-state index in [2.05, 4.69) is 15.6 Å². The molecule has 1 aromatic carbocycles. The van der Waals surface area contributed by atoms with Gasteiger partial charge in [0.15, 0.2) is 0 Å². The number of amides is 1. The van der Waals surface area contributed by atoms with Crippen molar-refractivity contribution in [2.75, 3.05) is 13.6 Å². The summed E-state index contributed by atoms with van der Waals surface area (Å²) in [5.74, 6) is -1.50. The van der Waals surface area contributed by atoms with E-state index in [9.17, 15) is 18.0 Å². The van der Waals surface area contributed by atoms with E-state index in [1.165, 1.54) is 6.20 Å². The molecule has 0 saturated heterocycles. The van der Waals surface area contributed by atoms with E-state index in [1.807, 2.05) is 39.1 Å². The van der Waals surface area contributed by atoms with Crippen molar-refractivity contribution in [2.24, 2.45) is 5.92 Å². The molecule has 0 saturated carbocycles. The van der Waals surface area contributed by atoms with Crippen LogP contribution in [0, 0.1) is 5.92 Å². The minimum absolute atomic E-state index is 0.00608. The quantitative estimate of drug-likeness (QED) is 0.701. The lowest BCUT2D eigenvalue weighted by atomic mass is 9.85. The first-order valence-electron chi connectivity index (χ1n) is 9.98. The minimum Gasteiger partial charge on any atom is -0.390 e. The fourth-order valence-electron chi connectivity index (χ4n) is 3.71. The van der Waals surface area contributed by atoms with Crippen molar-refractivity contribution < 1.29 is 18.0 Å². The van der Waals surface area contributed by atoms with Crippen molar-refractivity contribution in [3.05, 3.63) is 58.9 Å². The van der Waals surface area contributed by atoms with Crippen LogP contribution in [0.1, 0.15) is 49.0 Å². The highest BCUT2D eigenvalue weighted by Crippen LogP contribution is 2.40. The van der Waals surface area contributed by atoms with Crippen molar-refractivity contribution in [2.45, 2.75) is 39.3 Å². The van der Waals surface area contributed by atoms with Crippen LogP contribution in [0.4, 0.5) is 13.2 Å². The Kier molecular flexibility index (Phi) is 6.48. The zero-order valence-electron chi connectivity index (χ0n) is 17.4. The van der Waals surface area contributed by atoms with Gasteiger partial charge in [0.2, 0.25) is 0 Å². The van der Waals surface area contributed by atoms with Gasteiger partial charge in [-0.1, -0.05) is 29.8 Å². The summed E-state index contributed by atoms with van der Waals surface area (Å²) in [7, 11) is 1.81. The number of carbonyl (C=O) groups excluding carboxylic acids is 1. The maximum atomic E-state index is 12.9. The van der Waals surface area contributed by atoms with Crippen LogP contribution in [0.15, 0.2) is 47.8 Å². The van der Waals surface area contributed by atoms with Gasteiger partial charge >= 0.3 is 6.18 Å². The number of alkyl halides is 3. The molecule has 1 heterocycles. The molecule has 1 aromatic heterocycles. The maximum Gasteiger partial charge on any atom is 0.392 e. The average molecular weight is 417 g/mol. The minimum atomic E-state index is -4.15. The Morgan fingerprint density at radius 1 is 1.27 bits per heavy atom. The van der Waals surface area contributed by atoms with Crippen LogP contribution in [0.25, 0.3) is 16.5 Å². The number of halogens is 3. The van der Waals surface area contributed by atoms with Gasteiger partial charge in [-0.15, -0.1) is 0 Å². The molecule has 0 aliphatic heterocycles. The Bertz CT molecular complexity index is 1000. The molecule has 7 heteroatoms. The van der Waals surface area contributed by atoms with Gasteiger partial charge in [0.05, 0.1) is 23.5 Å². The van der Waals surface area contributed by atoms with E-state index in [1.54, 1.807) is 12.1 Å². The Hall–Kier alpha value is -2.83. The number of hydrogen-bond acceptors (Lipinski definition) is 3. The van der Waals surface area contributed by atoms with E-state index in [0.717, 1.165) is 27.8 Å².